The van der Waals surface area contributed by atoms with Crippen molar-refractivity contribution in [2.24, 2.45) is 11.7 Å². The molecule has 0 bridgehead atoms. The number of nitrogens with two attached hydrogens (primary N) is 1. The molecule has 2 fully saturated rings. The van der Waals surface area contributed by atoms with Gasteiger partial charge in [0.15, 0.2) is 0 Å². The van der Waals surface area contributed by atoms with E-state index < -0.39 is 0 Å². The Bertz CT molecular complexity index is 458. The van der Waals surface area contributed by atoms with Crippen LogP contribution in [-0.2, 0) is 0 Å². The van der Waals surface area contributed by atoms with E-state index in [4.69, 9.17) is 17.3 Å². The van der Waals surface area contributed by atoms with Gasteiger partial charge in [0, 0.05) is 18.6 Å². The zero-order chi connectivity index (χ0) is 13.4. The van der Waals surface area contributed by atoms with Crippen LogP contribution in [0.5, 0.6) is 0 Å². The van der Waals surface area contributed by atoms with Gasteiger partial charge in [0.2, 0.25) is 0 Å². The molecule has 2 nitrogen and oxygen atoms in total. The van der Waals surface area contributed by atoms with Crippen molar-refractivity contribution >= 4 is 17.3 Å². The summed E-state index contributed by atoms with van der Waals surface area (Å²) in [7, 11) is 0. The molecule has 3 atom stereocenters. The van der Waals surface area contributed by atoms with Crippen LogP contribution in [0.25, 0.3) is 0 Å². The summed E-state index contributed by atoms with van der Waals surface area (Å²) in [6.07, 6.45) is 6.80. The highest BCUT2D eigenvalue weighted by molar-refractivity contribution is 6.33. The number of halogens is 1. The highest BCUT2D eigenvalue weighted by Crippen LogP contribution is 2.41. The van der Waals surface area contributed by atoms with E-state index in [1.807, 2.05) is 13.0 Å². The van der Waals surface area contributed by atoms with Crippen molar-refractivity contribution in [2.45, 2.75) is 51.1 Å². The van der Waals surface area contributed by atoms with Gasteiger partial charge in [-0.2, -0.15) is 0 Å². The van der Waals surface area contributed by atoms with Crippen LogP contribution in [0, 0.1) is 5.92 Å². The van der Waals surface area contributed by atoms with Gasteiger partial charge in [0.25, 0.3) is 0 Å². The number of anilines is 1. The summed E-state index contributed by atoms with van der Waals surface area (Å²) in [5.41, 5.74) is 8.25. The molecule has 3 heteroatoms. The fraction of sp³-hybridized carbons (Fsp3) is 0.625. The maximum absolute atomic E-state index is 6.50. The van der Waals surface area contributed by atoms with Gasteiger partial charge in [-0.25, -0.2) is 0 Å². The van der Waals surface area contributed by atoms with Crippen molar-refractivity contribution < 1.29 is 0 Å². The number of fused-ring (bicyclic) bond motifs is 1. The Morgan fingerprint density at radius 1 is 1.26 bits per heavy atom. The quantitative estimate of drug-likeness (QED) is 0.881. The molecule has 3 rings (SSSR count). The Labute approximate surface area is 120 Å². The number of piperidine rings is 1. The topological polar surface area (TPSA) is 29.3 Å². The first kappa shape index (κ1) is 13.3. The lowest BCUT2D eigenvalue weighted by Gasteiger charge is -2.40. The summed E-state index contributed by atoms with van der Waals surface area (Å²) in [6, 6.07) is 7.10. The van der Waals surface area contributed by atoms with Gasteiger partial charge in [-0.15, -0.1) is 0 Å². The van der Waals surface area contributed by atoms with E-state index in [0.717, 1.165) is 23.0 Å². The zero-order valence-corrected chi connectivity index (χ0v) is 12.4. The smallest absolute Gasteiger partial charge is 0.0642 e. The molecule has 1 aromatic rings. The minimum atomic E-state index is 0.0483. The van der Waals surface area contributed by atoms with Crippen LogP contribution in [0.3, 0.4) is 0 Å². The van der Waals surface area contributed by atoms with Crippen molar-refractivity contribution in [3.8, 4) is 0 Å². The summed E-state index contributed by atoms with van der Waals surface area (Å²) in [4.78, 5) is 2.55. The normalized spacial score (nSPS) is 28.3. The zero-order valence-electron chi connectivity index (χ0n) is 11.6. The Balaban J connectivity index is 1.88. The molecular formula is C16H23ClN2. The number of hydrogen-bond donors (Lipinski definition) is 1. The van der Waals surface area contributed by atoms with Crippen molar-refractivity contribution in [3.05, 3.63) is 28.8 Å². The number of nitrogens with zero attached hydrogens (tertiary/aromatic N) is 1. The van der Waals surface area contributed by atoms with Crippen LogP contribution in [0.1, 0.15) is 50.6 Å². The second-order valence-electron chi connectivity index (χ2n) is 6.09. The molecule has 0 spiro atoms. The first-order valence-electron chi connectivity index (χ1n) is 7.48. The molecule has 2 unspecified atom stereocenters. The van der Waals surface area contributed by atoms with E-state index in [1.54, 1.807) is 0 Å². The summed E-state index contributed by atoms with van der Waals surface area (Å²) >= 11 is 6.50. The molecule has 1 saturated carbocycles. The van der Waals surface area contributed by atoms with Crippen LogP contribution in [0.4, 0.5) is 5.69 Å². The molecule has 1 aliphatic heterocycles. The Kier molecular flexibility index (Phi) is 3.72. The van der Waals surface area contributed by atoms with Gasteiger partial charge in [0.05, 0.1) is 10.7 Å². The molecule has 0 amide bonds. The predicted octanol–water partition coefficient (Wildman–Crippen LogP) is 4.13. The van der Waals surface area contributed by atoms with E-state index >= 15 is 0 Å². The van der Waals surface area contributed by atoms with Crippen molar-refractivity contribution in [3.63, 3.8) is 0 Å². The molecule has 2 aliphatic rings. The summed E-state index contributed by atoms with van der Waals surface area (Å²) < 4.78 is 0. The SMILES string of the molecule is C[C@H](N)c1ccc(N2CCCC3CCCC32)c(Cl)c1. The van der Waals surface area contributed by atoms with Crippen LogP contribution in [0.2, 0.25) is 5.02 Å². The molecule has 2 N–H and O–H groups in total. The maximum atomic E-state index is 6.50. The van der Waals surface area contributed by atoms with E-state index in [2.05, 4.69) is 17.0 Å². The standard InChI is InChI=1S/C16H23ClN2/c1-11(18)13-7-8-16(14(17)10-13)19-9-3-5-12-4-2-6-15(12)19/h7-8,10-12,15H,2-6,9,18H2,1H3/t11-,12?,15?/m0/s1. The second kappa shape index (κ2) is 5.34. The average Bonchev–Trinajstić information content (AvgIpc) is 2.86. The van der Waals surface area contributed by atoms with Crippen LogP contribution in [-0.4, -0.2) is 12.6 Å². The first-order valence-corrected chi connectivity index (χ1v) is 7.86. The van der Waals surface area contributed by atoms with Crippen molar-refractivity contribution in [2.75, 3.05) is 11.4 Å². The molecule has 1 aromatic carbocycles. The van der Waals surface area contributed by atoms with Crippen molar-refractivity contribution in [1.29, 1.82) is 0 Å². The van der Waals surface area contributed by atoms with E-state index in [-0.39, 0.29) is 6.04 Å². The fourth-order valence-corrected chi connectivity index (χ4v) is 4.09. The first-order chi connectivity index (χ1) is 9.16. The van der Waals surface area contributed by atoms with Gasteiger partial charge in [-0.1, -0.05) is 24.1 Å². The molecule has 1 aliphatic carbocycles. The Morgan fingerprint density at radius 2 is 2.05 bits per heavy atom. The molecule has 0 radical (unpaired) electrons. The Morgan fingerprint density at radius 3 is 2.79 bits per heavy atom. The van der Waals surface area contributed by atoms with Crippen LogP contribution < -0.4 is 10.6 Å². The molecule has 1 saturated heterocycles. The van der Waals surface area contributed by atoms with Crippen molar-refractivity contribution in [1.82, 2.24) is 0 Å². The maximum Gasteiger partial charge on any atom is 0.0642 e. The summed E-state index contributed by atoms with van der Waals surface area (Å²) in [5, 5.41) is 0.863. The third-order valence-corrected chi connectivity index (χ3v) is 5.10. The van der Waals surface area contributed by atoms with Crippen LogP contribution in [0.15, 0.2) is 18.2 Å². The highest BCUT2D eigenvalue weighted by atomic mass is 35.5. The number of benzene rings is 1. The molecule has 1 heterocycles. The summed E-state index contributed by atoms with van der Waals surface area (Å²) in [5.74, 6) is 0.887. The molecule has 19 heavy (non-hydrogen) atoms. The lowest BCUT2D eigenvalue weighted by Crippen LogP contribution is -2.42. The number of rotatable bonds is 2. The molecule has 0 aromatic heterocycles. The van der Waals surface area contributed by atoms with Gasteiger partial charge in [-0.3, -0.25) is 0 Å². The second-order valence-corrected chi connectivity index (χ2v) is 6.50. The summed E-state index contributed by atoms with van der Waals surface area (Å²) in [6.45, 7) is 3.15. The van der Waals surface area contributed by atoms with E-state index in [1.165, 1.54) is 37.8 Å². The lowest BCUT2D eigenvalue weighted by atomic mass is 9.91. The van der Waals surface area contributed by atoms with E-state index in [9.17, 15) is 0 Å². The van der Waals surface area contributed by atoms with Gasteiger partial charge < -0.3 is 10.6 Å². The van der Waals surface area contributed by atoms with Gasteiger partial charge in [-0.05, 0) is 56.2 Å². The van der Waals surface area contributed by atoms with Gasteiger partial charge in [0.1, 0.15) is 0 Å². The Hall–Kier alpha value is -0.730. The third kappa shape index (κ3) is 2.48. The highest BCUT2D eigenvalue weighted by Gasteiger charge is 2.35. The largest absolute Gasteiger partial charge is 0.367 e. The fourth-order valence-electron chi connectivity index (χ4n) is 3.79. The minimum absolute atomic E-state index is 0.0483. The van der Waals surface area contributed by atoms with Gasteiger partial charge >= 0.3 is 0 Å². The molecule has 104 valence electrons. The minimum Gasteiger partial charge on any atom is -0.367 e. The molecular weight excluding hydrogens is 256 g/mol. The van der Waals surface area contributed by atoms with E-state index in [0.29, 0.717) is 6.04 Å². The average molecular weight is 279 g/mol. The number of hydrogen-bond acceptors (Lipinski definition) is 2. The monoisotopic (exact) mass is 278 g/mol. The third-order valence-electron chi connectivity index (χ3n) is 4.80. The predicted molar refractivity (Wildman–Crippen MR) is 81.8 cm³/mol. The lowest BCUT2D eigenvalue weighted by molar-refractivity contribution is 0.362. The van der Waals surface area contributed by atoms with Crippen LogP contribution >= 0.6 is 11.6 Å².